The van der Waals surface area contributed by atoms with Gasteiger partial charge >= 0.3 is 6.03 Å². The van der Waals surface area contributed by atoms with E-state index in [-0.39, 0.29) is 17.9 Å². The number of nitrogens with zero attached hydrogens (tertiary/aromatic N) is 3. The zero-order valence-corrected chi connectivity index (χ0v) is 9.68. The molecule has 0 bridgehead atoms. The summed E-state index contributed by atoms with van der Waals surface area (Å²) in [5, 5.41) is 10.5. The third-order valence-electron chi connectivity index (χ3n) is 3.34. The number of likely N-dealkylation sites (N-methyl/N-ethyl adjacent to an activating group) is 1. The minimum absolute atomic E-state index is 0.189. The molecule has 1 unspecified atom stereocenters. The Morgan fingerprint density at radius 1 is 1.59 bits per heavy atom. The number of urea groups is 1. The average Bonchev–Trinajstić information content (AvgIpc) is 2.96. The van der Waals surface area contributed by atoms with Gasteiger partial charge in [0.05, 0.1) is 18.2 Å². The maximum Gasteiger partial charge on any atom is 0.323 e. The van der Waals surface area contributed by atoms with Crippen LogP contribution in [0.5, 0.6) is 0 Å². The summed E-state index contributed by atoms with van der Waals surface area (Å²) >= 11 is 0. The summed E-state index contributed by atoms with van der Waals surface area (Å²) in [5.74, 6) is 0.249. The smallest absolute Gasteiger partial charge is 0.323 e. The summed E-state index contributed by atoms with van der Waals surface area (Å²) in [7, 11) is 0. The molecule has 90 valence electrons. The number of carbonyl (C=O) groups excluding carboxylic acids is 1. The molecule has 1 aliphatic carbocycles. The van der Waals surface area contributed by atoms with E-state index >= 15 is 0 Å². The molecule has 1 aliphatic heterocycles. The molecule has 2 N–H and O–H groups in total. The molecule has 1 aromatic rings. The Labute approximate surface area is 99.1 Å². The second-order valence-electron chi connectivity index (χ2n) is 4.49. The first kappa shape index (κ1) is 10.3. The molecule has 17 heavy (non-hydrogen) atoms. The van der Waals surface area contributed by atoms with Crippen molar-refractivity contribution in [2.45, 2.75) is 31.8 Å². The van der Waals surface area contributed by atoms with E-state index in [9.17, 15) is 4.79 Å². The van der Waals surface area contributed by atoms with E-state index < -0.39 is 0 Å². The number of nitrogens with one attached hydrogen (secondary N) is 2. The molecule has 1 saturated heterocycles. The van der Waals surface area contributed by atoms with Gasteiger partial charge in [-0.3, -0.25) is 10.7 Å². The molecular formula is C11H15N5O. The van der Waals surface area contributed by atoms with E-state index in [0.717, 1.165) is 18.5 Å². The van der Waals surface area contributed by atoms with Crippen LogP contribution < -0.4 is 5.32 Å². The van der Waals surface area contributed by atoms with E-state index in [0.29, 0.717) is 12.6 Å². The van der Waals surface area contributed by atoms with Crippen molar-refractivity contribution >= 4 is 11.9 Å². The number of amidine groups is 1. The van der Waals surface area contributed by atoms with Gasteiger partial charge in [-0.2, -0.15) is 0 Å². The zero-order chi connectivity index (χ0) is 12.0. The van der Waals surface area contributed by atoms with Crippen LogP contribution in [-0.4, -0.2) is 32.9 Å². The summed E-state index contributed by atoms with van der Waals surface area (Å²) in [4.78, 5) is 17.5. The molecule has 6 nitrogen and oxygen atoms in total. The number of hydrogen-bond donors (Lipinski definition) is 2. The molecule has 2 heterocycles. The van der Waals surface area contributed by atoms with Gasteiger partial charge in [0.25, 0.3) is 0 Å². The van der Waals surface area contributed by atoms with Crippen molar-refractivity contribution in [3.8, 4) is 0 Å². The van der Waals surface area contributed by atoms with Crippen LogP contribution in [0.25, 0.3) is 0 Å². The minimum atomic E-state index is -0.296. The van der Waals surface area contributed by atoms with Gasteiger partial charge in [-0.25, -0.2) is 9.78 Å². The van der Waals surface area contributed by atoms with Gasteiger partial charge in [0, 0.05) is 12.6 Å². The fourth-order valence-corrected chi connectivity index (χ4v) is 2.35. The molecule has 1 atom stereocenters. The number of carbonyl (C=O) groups is 1. The number of amides is 2. The molecule has 2 amide bonds. The molecule has 3 rings (SSSR count). The summed E-state index contributed by atoms with van der Waals surface area (Å²) in [6.45, 7) is 2.51. The largest absolute Gasteiger partial charge is 0.329 e. The Kier molecular flexibility index (Phi) is 2.17. The second kappa shape index (κ2) is 3.58. The zero-order valence-electron chi connectivity index (χ0n) is 9.68. The molecule has 0 radical (unpaired) electrons. The van der Waals surface area contributed by atoms with E-state index in [1.165, 1.54) is 0 Å². The van der Waals surface area contributed by atoms with Crippen molar-refractivity contribution in [3.63, 3.8) is 0 Å². The Bertz CT molecular complexity index is 476. The maximum absolute atomic E-state index is 11.7. The van der Waals surface area contributed by atoms with Crippen LogP contribution in [0.2, 0.25) is 0 Å². The summed E-state index contributed by atoms with van der Waals surface area (Å²) in [6, 6.07) is 0.0244. The summed E-state index contributed by atoms with van der Waals surface area (Å²) < 4.78 is 2.10. The van der Waals surface area contributed by atoms with Gasteiger partial charge in [-0.05, 0) is 19.8 Å². The highest BCUT2D eigenvalue weighted by Gasteiger charge is 2.39. The number of aromatic nitrogens is 2. The lowest BCUT2D eigenvalue weighted by Crippen LogP contribution is -2.30. The molecule has 2 aliphatic rings. The van der Waals surface area contributed by atoms with Gasteiger partial charge in [0.15, 0.2) is 0 Å². The molecule has 6 heteroatoms. The van der Waals surface area contributed by atoms with E-state index in [2.05, 4.69) is 14.9 Å². The molecular weight excluding hydrogens is 218 g/mol. The van der Waals surface area contributed by atoms with Gasteiger partial charge in [-0.1, -0.05) is 0 Å². The van der Waals surface area contributed by atoms with Crippen molar-refractivity contribution in [1.82, 2.24) is 19.8 Å². The third kappa shape index (κ3) is 1.51. The molecule has 2 fully saturated rings. The van der Waals surface area contributed by atoms with E-state index in [4.69, 9.17) is 5.41 Å². The lowest BCUT2D eigenvalue weighted by Gasteiger charge is -2.21. The predicted molar refractivity (Wildman–Crippen MR) is 61.9 cm³/mol. The normalized spacial score (nSPS) is 24.3. The van der Waals surface area contributed by atoms with Gasteiger partial charge < -0.3 is 9.47 Å². The fraction of sp³-hybridized carbons (Fsp3) is 0.545. The Balaban J connectivity index is 1.98. The Hall–Kier alpha value is -1.85. The summed E-state index contributed by atoms with van der Waals surface area (Å²) in [5.41, 5.74) is 0.942. The minimum Gasteiger partial charge on any atom is -0.329 e. The molecule has 0 spiro atoms. The number of rotatable bonds is 3. The highest BCUT2D eigenvalue weighted by atomic mass is 16.2. The first-order chi connectivity index (χ1) is 8.22. The van der Waals surface area contributed by atoms with Crippen molar-refractivity contribution in [2.24, 2.45) is 0 Å². The van der Waals surface area contributed by atoms with Crippen LogP contribution >= 0.6 is 0 Å². The van der Waals surface area contributed by atoms with Gasteiger partial charge in [-0.15, -0.1) is 0 Å². The quantitative estimate of drug-likeness (QED) is 0.825. The van der Waals surface area contributed by atoms with Gasteiger partial charge in [0.2, 0.25) is 0 Å². The topological polar surface area (TPSA) is 74.0 Å². The van der Waals surface area contributed by atoms with Crippen LogP contribution in [-0.2, 0) is 0 Å². The van der Waals surface area contributed by atoms with Crippen LogP contribution in [0.3, 0.4) is 0 Å². The lowest BCUT2D eigenvalue weighted by atomic mass is 10.2. The van der Waals surface area contributed by atoms with Crippen molar-refractivity contribution in [3.05, 3.63) is 18.2 Å². The molecule has 1 saturated carbocycles. The van der Waals surface area contributed by atoms with Crippen molar-refractivity contribution < 1.29 is 4.79 Å². The fourth-order valence-electron chi connectivity index (χ4n) is 2.35. The van der Waals surface area contributed by atoms with Crippen LogP contribution in [0.1, 0.15) is 37.5 Å². The first-order valence-corrected chi connectivity index (χ1v) is 5.90. The third-order valence-corrected chi connectivity index (χ3v) is 3.34. The highest BCUT2D eigenvalue weighted by Crippen LogP contribution is 2.38. The highest BCUT2D eigenvalue weighted by molar-refractivity contribution is 6.05. The van der Waals surface area contributed by atoms with Crippen LogP contribution in [0, 0.1) is 5.41 Å². The van der Waals surface area contributed by atoms with Crippen LogP contribution in [0.4, 0.5) is 4.79 Å². The SMILES string of the molecule is CCN1C(=O)NC(=N)C1c1cncn1C1CC1. The predicted octanol–water partition coefficient (Wildman–Crippen LogP) is 1.28. The van der Waals surface area contributed by atoms with Crippen molar-refractivity contribution in [2.75, 3.05) is 6.54 Å². The standard InChI is InChI=1S/C11H15N5O/c1-2-15-9(10(12)14-11(15)17)8-5-13-6-16(8)7-3-4-7/h5-7,9H,2-4H2,1H3,(H2,12,14,17). The van der Waals surface area contributed by atoms with E-state index in [1.807, 2.05) is 6.92 Å². The Morgan fingerprint density at radius 3 is 3.00 bits per heavy atom. The molecule has 1 aromatic heterocycles. The Morgan fingerprint density at radius 2 is 2.35 bits per heavy atom. The lowest BCUT2D eigenvalue weighted by molar-refractivity contribution is 0.207. The van der Waals surface area contributed by atoms with Gasteiger partial charge in [0.1, 0.15) is 11.9 Å². The molecule has 0 aromatic carbocycles. The van der Waals surface area contributed by atoms with Crippen molar-refractivity contribution in [1.29, 1.82) is 5.41 Å². The summed E-state index contributed by atoms with van der Waals surface area (Å²) in [6.07, 6.45) is 5.89. The van der Waals surface area contributed by atoms with Crippen LogP contribution in [0.15, 0.2) is 12.5 Å². The number of hydrogen-bond acceptors (Lipinski definition) is 3. The number of imidazole rings is 1. The van der Waals surface area contributed by atoms with E-state index in [1.54, 1.807) is 17.4 Å². The second-order valence-corrected chi connectivity index (χ2v) is 4.49. The maximum atomic E-state index is 11.7. The monoisotopic (exact) mass is 233 g/mol. The average molecular weight is 233 g/mol. The first-order valence-electron chi connectivity index (χ1n) is 5.90.